The van der Waals surface area contributed by atoms with Crippen molar-refractivity contribution in [3.8, 4) is 0 Å². The molecule has 0 unspecified atom stereocenters. The molecule has 76 valence electrons. The monoisotopic (exact) mass is 255 g/mol. The molecule has 3 heteroatoms. The lowest BCUT2D eigenvalue weighted by Gasteiger charge is -2.06. The number of amides is 1. The zero-order valence-corrected chi connectivity index (χ0v) is 9.80. The van der Waals surface area contributed by atoms with E-state index in [1.54, 1.807) is 0 Å². The molecular formula is C11H14BrNO. The Morgan fingerprint density at radius 3 is 2.79 bits per heavy atom. The van der Waals surface area contributed by atoms with Gasteiger partial charge in [0.25, 0.3) is 5.91 Å². The van der Waals surface area contributed by atoms with Crippen molar-refractivity contribution in [2.75, 3.05) is 6.54 Å². The molecule has 2 nitrogen and oxygen atoms in total. The highest BCUT2D eigenvalue weighted by Gasteiger charge is 2.08. The Balaban J connectivity index is 2.78. The van der Waals surface area contributed by atoms with Crippen LogP contribution in [0.2, 0.25) is 0 Å². The summed E-state index contributed by atoms with van der Waals surface area (Å²) in [4.78, 5) is 11.7. The third-order valence-corrected chi connectivity index (χ3v) is 2.55. The predicted molar refractivity (Wildman–Crippen MR) is 61.7 cm³/mol. The third kappa shape index (κ3) is 2.84. The zero-order valence-electron chi connectivity index (χ0n) is 8.22. The summed E-state index contributed by atoms with van der Waals surface area (Å²) in [5.74, 6) is 0.0156. The van der Waals surface area contributed by atoms with E-state index in [0.717, 1.165) is 24.1 Å². The maximum Gasteiger partial charge on any atom is 0.251 e. The largest absolute Gasteiger partial charge is 0.352 e. The van der Waals surface area contributed by atoms with Crippen molar-refractivity contribution in [2.24, 2.45) is 0 Å². The minimum atomic E-state index is 0.0156. The molecule has 0 aliphatic heterocycles. The van der Waals surface area contributed by atoms with E-state index >= 15 is 0 Å². The Hall–Kier alpha value is -0.830. The number of rotatable bonds is 4. The van der Waals surface area contributed by atoms with E-state index in [9.17, 15) is 4.79 Å². The molecule has 0 radical (unpaired) electrons. The van der Waals surface area contributed by atoms with Gasteiger partial charge in [-0.05, 0) is 18.1 Å². The third-order valence-electron chi connectivity index (χ3n) is 1.94. The van der Waals surface area contributed by atoms with Crippen molar-refractivity contribution in [1.82, 2.24) is 5.32 Å². The van der Waals surface area contributed by atoms with Crippen LogP contribution in [0.4, 0.5) is 0 Å². The molecule has 0 aromatic heterocycles. The molecule has 1 N–H and O–H groups in total. The number of carbonyl (C=O) groups is 1. The molecule has 0 bridgehead atoms. The first-order chi connectivity index (χ1) is 6.79. The summed E-state index contributed by atoms with van der Waals surface area (Å²) in [7, 11) is 0. The number of halogens is 1. The average molecular weight is 256 g/mol. The Labute approximate surface area is 92.8 Å². The van der Waals surface area contributed by atoms with Gasteiger partial charge in [0, 0.05) is 17.4 Å². The number of hydrogen-bond donors (Lipinski definition) is 1. The van der Waals surface area contributed by atoms with E-state index in [1.807, 2.05) is 31.2 Å². The number of alkyl halides is 1. The number of carbonyl (C=O) groups excluding carboxylic acids is 1. The molecule has 0 atom stereocenters. The first kappa shape index (κ1) is 11.2. The average Bonchev–Trinajstić information content (AvgIpc) is 2.25. The summed E-state index contributed by atoms with van der Waals surface area (Å²) in [6.45, 7) is 2.77. The second kappa shape index (κ2) is 5.81. The van der Waals surface area contributed by atoms with Gasteiger partial charge >= 0.3 is 0 Å². The van der Waals surface area contributed by atoms with Crippen LogP contribution < -0.4 is 5.32 Å². The first-order valence-electron chi connectivity index (χ1n) is 4.71. The second-order valence-corrected chi connectivity index (χ2v) is 3.61. The predicted octanol–water partition coefficient (Wildman–Crippen LogP) is 2.72. The number of hydrogen-bond acceptors (Lipinski definition) is 1. The van der Waals surface area contributed by atoms with Crippen molar-refractivity contribution in [2.45, 2.75) is 18.7 Å². The summed E-state index contributed by atoms with van der Waals surface area (Å²) < 4.78 is 0. The molecule has 0 aliphatic rings. The Bertz CT molecular complexity index is 312. The van der Waals surface area contributed by atoms with Gasteiger partial charge < -0.3 is 5.32 Å². The molecule has 1 aromatic rings. The Kier molecular flexibility index (Phi) is 4.66. The van der Waals surface area contributed by atoms with Gasteiger partial charge in [0.15, 0.2) is 0 Å². The molecule has 0 aliphatic carbocycles. The van der Waals surface area contributed by atoms with E-state index in [1.165, 1.54) is 0 Å². The van der Waals surface area contributed by atoms with Crippen molar-refractivity contribution in [1.29, 1.82) is 0 Å². The lowest BCUT2D eigenvalue weighted by molar-refractivity contribution is 0.0953. The topological polar surface area (TPSA) is 29.1 Å². The maximum absolute atomic E-state index is 11.7. The Morgan fingerprint density at radius 2 is 2.14 bits per heavy atom. The zero-order chi connectivity index (χ0) is 10.4. The van der Waals surface area contributed by atoms with Gasteiger partial charge in [-0.15, -0.1) is 0 Å². The quantitative estimate of drug-likeness (QED) is 0.824. The van der Waals surface area contributed by atoms with Gasteiger partial charge in [-0.2, -0.15) is 0 Å². The van der Waals surface area contributed by atoms with E-state index in [4.69, 9.17) is 0 Å². The highest BCUT2D eigenvalue weighted by Crippen LogP contribution is 2.11. The van der Waals surface area contributed by atoms with E-state index < -0.39 is 0 Å². The fourth-order valence-corrected chi connectivity index (χ4v) is 1.68. The van der Waals surface area contributed by atoms with Crippen LogP contribution >= 0.6 is 15.9 Å². The van der Waals surface area contributed by atoms with Crippen LogP contribution in [0.3, 0.4) is 0 Å². The van der Waals surface area contributed by atoms with Gasteiger partial charge in [-0.25, -0.2) is 0 Å². The van der Waals surface area contributed by atoms with Gasteiger partial charge in [-0.1, -0.05) is 41.1 Å². The first-order valence-corrected chi connectivity index (χ1v) is 5.83. The van der Waals surface area contributed by atoms with Crippen LogP contribution in [0.1, 0.15) is 29.3 Å². The van der Waals surface area contributed by atoms with Crippen molar-refractivity contribution in [3.05, 3.63) is 35.4 Å². The molecule has 1 rings (SSSR count). The summed E-state index contributed by atoms with van der Waals surface area (Å²) in [6, 6.07) is 7.62. The molecule has 0 heterocycles. The Morgan fingerprint density at radius 1 is 1.43 bits per heavy atom. The van der Waals surface area contributed by atoms with E-state index in [2.05, 4.69) is 21.2 Å². The van der Waals surface area contributed by atoms with Gasteiger partial charge in [0.2, 0.25) is 0 Å². The van der Waals surface area contributed by atoms with Crippen LogP contribution in [-0.4, -0.2) is 12.5 Å². The molecule has 1 amide bonds. The second-order valence-electron chi connectivity index (χ2n) is 3.05. The van der Waals surface area contributed by atoms with E-state index in [0.29, 0.717) is 5.33 Å². The van der Waals surface area contributed by atoms with Gasteiger partial charge in [-0.3, -0.25) is 4.79 Å². The number of benzene rings is 1. The maximum atomic E-state index is 11.7. The minimum absolute atomic E-state index is 0.0156. The van der Waals surface area contributed by atoms with Crippen LogP contribution in [0.15, 0.2) is 24.3 Å². The molecule has 0 spiro atoms. The van der Waals surface area contributed by atoms with Crippen molar-refractivity contribution >= 4 is 21.8 Å². The normalized spacial score (nSPS) is 9.86. The van der Waals surface area contributed by atoms with Crippen LogP contribution in [0.25, 0.3) is 0 Å². The fraction of sp³-hybridized carbons (Fsp3) is 0.364. The fourth-order valence-electron chi connectivity index (χ4n) is 1.19. The lowest BCUT2D eigenvalue weighted by Crippen LogP contribution is -2.24. The van der Waals surface area contributed by atoms with Crippen LogP contribution in [0, 0.1) is 0 Å². The summed E-state index contributed by atoms with van der Waals surface area (Å²) in [5, 5.41) is 3.57. The molecule has 1 aromatic carbocycles. The highest BCUT2D eigenvalue weighted by atomic mass is 79.9. The lowest BCUT2D eigenvalue weighted by atomic mass is 10.1. The summed E-state index contributed by atoms with van der Waals surface area (Å²) >= 11 is 3.36. The SMILES string of the molecule is CCCNC(=O)c1ccccc1CBr. The van der Waals surface area contributed by atoms with Gasteiger partial charge in [0.05, 0.1) is 0 Å². The molecule has 14 heavy (non-hydrogen) atoms. The molecular weight excluding hydrogens is 242 g/mol. The van der Waals surface area contributed by atoms with Crippen LogP contribution in [0.5, 0.6) is 0 Å². The van der Waals surface area contributed by atoms with Crippen molar-refractivity contribution < 1.29 is 4.79 Å². The van der Waals surface area contributed by atoms with Gasteiger partial charge in [0.1, 0.15) is 0 Å². The molecule has 0 fully saturated rings. The van der Waals surface area contributed by atoms with Crippen LogP contribution in [-0.2, 0) is 5.33 Å². The minimum Gasteiger partial charge on any atom is -0.352 e. The van der Waals surface area contributed by atoms with E-state index in [-0.39, 0.29) is 5.91 Å². The highest BCUT2D eigenvalue weighted by molar-refractivity contribution is 9.08. The smallest absolute Gasteiger partial charge is 0.251 e. The molecule has 0 saturated carbocycles. The summed E-state index contributed by atoms with van der Waals surface area (Å²) in [6.07, 6.45) is 0.961. The standard InChI is InChI=1S/C11H14BrNO/c1-2-7-13-11(14)10-6-4-3-5-9(10)8-12/h3-6H,2,7-8H2,1H3,(H,13,14). The summed E-state index contributed by atoms with van der Waals surface area (Å²) in [5.41, 5.74) is 1.79. The van der Waals surface area contributed by atoms with Crippen molar-refractivity contribution in [3.63, 3.8) is 0 Å². The molecule has 0 saturated heterocycles. The number of nitrogens with one attached hydrogen (secondary N) is 1.